The van der Waals surface area contributed by atoms with Crippen LogP contribution in [0.2, 0.25) is 10.0 Å². The van der Waals surface area contributed by atoms with Gasteiger partial charge in [-0.1, -0.05) is 47.5 Å². The number of hydrogen-bond acceptors (Lipinski definition) is 6. The van der Waals surface area contributed by atoms with E-state index >= 15 is 0 Å². The highest BCUT2D eigenvalue weighted by atomic mass is 35.5. The molecular formula is C27H27Cl2N5O3. The molecule has 0 N–H and O–H groups in total. The van der Waals surface area contributed by atoms with Crippen LogP contribution in [0.15, 0.2) is 55.0 Å². The lowest BCUT2D eigenvalue weighted by Gasteiger charge is -2.35. The maximum absolute atomic E-state index is 13.6. The molecule has 2 amide bonds. The maximum Gasteiger partial charge on any atom is 0.265 e. The van der Waals surface area contributed by atoms with E-state index in [9.17, 15) is 9.59 Å². The Labute approximate surface area is 225 Å². The Morgan fingerprint density at radius 3 is 2.54 bits per heavy atom. The molecule has 0 spiro atoms. The fourth-order valence-corrected chi connectivity index (χ4v) is 5.09. The van der Waals surface area contributed by atoms with Crippen molar-refractivity contribution in [2.24, 2.45) is 0 Å². The van der Waals surface area contributed by atoms with Gasteiger partial charge in [-0.15, -0.1) is 0 Å². The first-order valence-corrected chi connectivity index (χ1v) is 12.9. The van der Waals surface area contributed by atoms with E-state index in [-0.39, 0.29) is 31.0 Å². The molecule has 8 nitrogen and oxygen atoms in total. The topological polar surface area (TPSA) is 78.9 Å². The maximum atomic E-state index is 13.6. The fraction of sp³-hybridized carbons (Fsp3) is 0.333. The molecular weight excluding hydrogens is 513 g/mol. The lowest BCUT2D eigenvalue weighted by Crippen LogP contribution is -2.47. The third-order valence-corrected chi connectivity index (χ3v) is 7.61. The van der Waals surface area contributed by atoms with Crippen molar-refractivity contribution in [3.63, 3.8) is 0 Å². The number of amides is 2. The Morgan fingerprint density at radius 2 is 1.84 bits per heavy atom. The minimum Gasteiger partial charge on any atom is -0.482 e. The number of rotatable bonds is 7. The molecule has 192 valence electrons. The molecule has 2 aliphatic heterocycles. The lowest BCUT2D eigenvalue weighted by molar-refractivity contribution is -0.133. The number of aromatic nitrogens is 2. The highest BCUT2D eigenvalue weighted by molar-refractivity contribution is 6.42. The average molecular weight is 540 g/mol. The first-order chi connectivity index (χ1) is 17.9. The summed E-state index contributed by atoms with van der Waals surface area (Å²) in [6.45, 7) is 2.43. The molecule has 5 rings (SSSR count). The highest BCUT2D eigenvalue weighted by Gasteiger charge is 2.32. The van der Waals surface area contributed by atoms with Crippen LogP contribution in [0.3, 0.4) is 0 Å². The number of fused-ring (bicyclic) bond motifs is 1. The largest absolute Gasteiger partial charge is 0.482 e. The van der Waals surface area contributed by atoms with Gasteiger partial charge in [0.1, 0.15) is 12.3 Å². The molecule has 1 atom stereocenters. The van der Waals surface area contributed by atoms with E-state index in [4.69, 9.17) is 27.9 Å². The third-order valence-electron chi connectivity index (χ3n) is 6.88. The van der Waals surface area contributed by atoms with Crippen molar-refractivity contribution in [3.05, 3.63) is 70.6 Å². The predicted octanol–water partition coefficient (Wildman–Crippen LogP) is 4.47. The molecule has 2 aromatic carbocycles. The van der Waals surface area contributed by atoms with Gasteiger partial charge in [-0.3, -0.25) is 24.5 Å². The molecule has 1 fully saturated rings. The summed E-state index contributed by atoms with van der Waals surface area (Å²) in [6.07, 6.45) is 7.34. The van der Waals surface area contributed by atoms with Crippen LogP contribution < -0.4 is 9.64 Å². The SMILES string of the molecule is CN(C(=O)CN1C(=O)COc2cc(Cl)c(Cl)cc21)C(CN1CCCC1)c1ccc(-c2cnccn2)cc1. The van der Waals surface area contributed by atoms with E-state index in [1.54, 1.807) is 42.7 Å². The number of hydrogen-bond donors (Lipinski definition) is 0. The number of halogens is 2. The number of likely N-dealkylation sites (N-methyl/N-ethyl adjacent to an activating group) is 1. The molecule has 3 heterocycles. The Balaban J connectivity index is 1.39. The van der Waals surface area contributed by atoms with Crippen LogP contribution in [0.25, 0.3) is 11.3 Å². The van der Waals surface area contributed by atoms with Crippen molar-refractivity contribution in [2.45, 2.75) is 18.9 Å². The van der Waals surface area contributed by atoms with Crippen LogP contribution in [0, 0.1) is 0 Å². The molecule has 0 radical (unpaired) electrons. The van der Waals surface area contributed by atoms with E-state index < -0.39 is 0 Å². The van der Waals surface area contributed by atoms with Crippen LogP contribution in [-0.4, -0.2) is 71.4 Å². The van der Waals surface area contributed by atoms with Gasteiger partial charge in [-0.2, -0.15) is 0 Å². The van der Waals surface area contributed by atoms with E-state index in [1.165, 1.54) is 4.90 Å². The number of nitrogens with zero attached hydrogens (tertiary/aromatic N) is 5. The summed E-state index contributed by atoms with van der Waals surface area (Å²) in [7, 11) is 1.79. The van der Waals surface area contributed by atoms with Gasteiger partial charge in [0, 0.05) is 37.6 Å². The van der Waals surface area contributed by atoms with Crippen molar-refractivity contribution >= 4 is 40.7 Å². The minimum absolute atomic E-state index is 0.127. The smallest absolute Gasteiger partial charge is 0.265 e. The third kappa shape index (κ3) is 5.56. The van der Waals surface area contributed by atoms with Gasteiger partial charge < -0.3 is 14.5 Å². The molecule has 1 unspecified atom stereocenters. The number of anilines is 1. The molecule has 0 aliphatic carbocycles. The van der Waals surface area contributed by atoms with E-state index in [0.717, 1.165) is 42.8 Å². The zero-order valence-electron chi connectivity index (χ0n) is 20.4. The van der Waals surface area contributed by atoms with Crippen LogP contribution >= 0.6 is 23.2 Å². The molecule has 37 heavy (non-hydrogen) atoms. The zero-order chi connectivity index (χ0) is 25.9. The summed E-state index contributed by atoms with van der Waals surface area (Å²) >= 11 is 12.3. The number of carbonyl (C=O) groups excluding carboxylic acids is 2. The van der Waals surface area contributed by atoms with Gasteiger partial charge in [0.05, 0.1) is 33.7 Å². The van der Waals surface area contributed by atoms with Gasteiger partial charge in [0.2, 0.25) is 5.91 Å². The van der Waals surface area contributed by atoms with Gasteiger partial charge in [0.25, 0.3) is 5.91 Å². The van der Waals surface area contributed by atoms with Gasteiger partial charge >= 0.3 is 0 Å². The second-order valence-corrected chi connectivity index (χ2v) is 10.1. The van der Waals surface area contributed by atoms with Gasteiger partial charge in [-0.05, 0) is 37.6 Å². The normalized spacial score (nSPS) is 16.3. The van der Waals surface area contributed by atoms with Crippen molar-refractivity contribution in [1.29, 1.82) is 0 Å². The number of benzene rings is 2. The first kappa shape index (κ1) is 25.4. The fourth-order valence-electron chi connectivity index (χ4n) is 4.78. The molecule has 0 bridgehead atoms. The van der Waals surface area contributed by atoms with Crippen molar-refractivity contribution in [2.75, 3.05) is 44.7 Å². The summed E-state index contributed by atoms with van der Waals surface area (Å²) in [5.41, 5.74) is 3.20. The first-order valence-electron chi connectivity index (χ1n) is 12.2. The van der Waals surface area contributed by atoms with Crippen molar-refractivity contribution in [3.8, 4) is 17.0 Å². The summed E-state index contributed by atoms with van der Waals surface area (Å²) in [4.78, 5) is 40.4. The highest BCUT2D eigenvalue weighted by Crippen LogP contribution is 2.39. The molecule has 1 saturated heterocycles. The number of carbonyl (C=O) groups is 2. The number of likely N-dealkylation sites (tertiary alicyclic amines) is 1. The van der Waals surface area contributed by atoms with Crippen LogP contribution in [-0.2, 0) is 9.59 Å². The summed E-state index contributed by atoms with van der Waals surface area (Å²) in [5.74, 6) is -0.0656. The van der Waals surface area contributed by atoms with Crippen LogP contribution in [0.5, 0.6) is 5.75 Å². The number of ether oxygens (including phenoxy) is 1. The molecule has 0 saturated carbocycles. The Kier molecular flexibility index (Phi) is 7.60. The Bertz CT molecular complexity index is 1280. The van der Waals surface area contributed by atoms with E-state index in [2.05, 4.69) is 14.9 Å². The van der Waals surface area contributed by atoms with E-state index in [1.807, 2.05) is 24.3 Å². The molecule has 10 heteroatoms. The lowest BCUT2D eigenvalue weighted by atomic mass is 10.0. The zero-order valence-corrected chi connectivity index (χ0v) is 22.0. The standard InChI is InChI=1S/C27H27Cl2N5O3/c1-32(26(35)16-34-23-12-20(28)21(29)13-25(23)37-17-27(34)36)24(15-33-10-2-3-11-33)19-6-4-18(5-7-19)22-14-30-8-9-31-22/h4-9,12-14,24H,2-3,10-11,15-17H2,1H3. The molecule has 1 aromatic heterocycles. The average Bonchev–Trinajstić information content (AvgIpc) is 3.44. The monoisotopic (exact) mass is 539 g/mol. The summed E-state index contributed by atoms with van der Waals surface area (Å²) in [6, 6.07) is 11.0. The quantitative estimate of drug-likeness (QED) is 0.440. The van der Waals surface area contributed by atoms with Gasteiger partial charge in [0.15, 0.2) is 6.61 Å². The summed E-state index contributed by atoms with van der Waals surface area (Å²) in [5, 5.41) is 0.619. The van der Waals surface area contributed by atoms with Crippen molar-refractivity contribution < 1.29 is 14.3 Å². The van der Waals surface area contributed by atoms with Crippen molar-refractivity contribution in [1.82, 2.24) is 19.8 Å². The molecule has 3 aromatic rings. The minimum atomic E-state index is -0.308. The predicted molar refractivity (Wildman–Crippen MR) is 143 cm³/mol. The van der Waals surface area contributed by atoms with Crippen LogP contribution in [0.1, 0.15) is 24.4 Å². The molecule has 2 aliphatic rings. The van der Waals surface area contributed by atoms with Crippen LogP contribution in [0.4, 0.5) is 5.69 Å². The summed E-state index contributed by atoms with van der Waals surface area (Å²) < 4.78 is 5.52. The second kappa shape index (κ2) is 11.0. The van der Waals surface area contributed by atoms with E-state index in [0.29, 0.717) is 28.0 Å². The second-order valence-electron chi connectivity index (χ2n) is 9.24. The Morgan fingerprint density at radius 1 is 1.11 bits per heavy atom. The Hall–Kier alpha value is -3.20. The van der Waals surface area contributed by atoms with Gasteiger partial charge in [-0.25, -0.2) is 0 Å².